The van der Waals surface area contributed by atoms with Crippen molar-refractivity contribution in [2.45, 2.75) is 295 Å². The lowest BCUT2D eigenvalue weighted by molar-refractivity contribution is -0.388. The van der Waals surface area contributed by atoms with Gasteiger partial charge < -0.3 is 54.1 Å². The van der Waals surface area contributed by atoms with Crippen LogP contribution in [0.1, 0.15) is 316 Å². The molecule has 19 nitrogen and oxygen atoms in total. The Morgan fingerprint density at radius 1 is 0.486 bits per heavy atom. The molecule has 21 heteroatoms. The van der Waals surface area contributed by atoms with Crippen molar-refractivity contribution in [1.29, 1.82) is 0 Å². The van der Waals surface area contributed by atoms with E-state index < -0.39 is 36.7 Å². The Morgan fingerprint density at radius 3 is 1.14 bits per heavy atom. The molecule has 592 valence electrons. The lowest BCUT2D eigenvalue weighted by Crippen LogP contribution is -2.34. The van der Waals surface area contributed by atoms with Gasteiger partial charge in [-0.05, 0) is 175 Å². The smallest absolute Gasteiger partial charge is 0.349 e. The van der Waals surface area contributed by atoms with Crippen molar-refractivity contribution >= 4 is 57.9 Å². The first kappa shape index (κ1) is 86.3. The van der Waals surface area contributed by atoms with Crippen LogP contribution in [0.25, 0.3) is 0 Å². The van der Waals surface area contributed by atoms with Crippen molar-refractivity contribution < 1.29 is 62.1 Å². The van der Waals surface area contributed by atoms with E-state index >= 15 is 0 Å². The SMILES string of the molecule is C=C(Cl)C(=O)OCCCCCCCCOc1ccc(C2CCC(C(OC(c3cc([N+](=O)[O-])c([C@H]4OC[C@H](CCCCCCCC)[C@@H](C)O4)cc3N)C3CCC(c4ccc(OCCCCCCCCOC(=O)C(=C)Cl)cc4)CC3)c3cc([N+](=O)[O-])c([C@H]4OC[C@H](CCCCCCCC)[C@@H](C)O4)cc3N)CC2)cc1. The quantitative estimate of drug-likeness (QED) is 0.0104. The normalized spacial score (nSPS) is 22.3. The lowest BCUT2D eigenvalue weighted by Gasteiger charge is -2.41. The Balaban J connectivity index is 1.03. The molecule has 2 heterocycles. The topological polar surface area (TPSA) is 256 Å². The summed E-state index contributed by atoms with van der Waals surface area (Å²) in [7, 11) is 0. The predicted molar refractivity (Wildman–Crippen MR) is 424 cm³/mol. The maximum Gasteiger partial charge on any atom is 0.349 e. The van der Waals surface area contributed by atoms with E-state index in [-0.39, 0.29) is 90.1 Å². The van der Waals surface area contributed by atoms with Crippen molar-refractivity contribution in [3.8, 4) is 11.5 Å². The first-order valence-electron chi connectivity index (χ1n) is 40.7. The highest BCUT2D eigenvalue weighted by Gasteiger charge is 2.42. The number of carbonyl (C=O) groups is 2. The van der Waals surface area contributed by atoms with Gasteiger partial charge in [-0.2, -0.15) is 0 Å². The van der Waals surface area contributed by atoms with Gasteiger partial charge in [0, 0.05) is 46.5 Å². The summed E-state index contributed by atoms with van der Waals surface area (Å²) in [6.45, 7) is 18.0. The lowest BCUT2D eigenvalue weighted by atomic mass is 9.73. The van der Waals surface area contributed by atoms with Crippen LogP contribution in [0.3, 0.4) is 0 Å². The molecule has 4 N–H and O–H groups in total. The Kier molecular flexibility index (Phi) is 37.4. The second-order valence-corrected chi connectivity index (χ2v) is 31.5. The molecular formula is C86H124Cl2N4O15. The fraction of sp³-hybridized carbons (Fsp3) is 0.651. The summed E-state index contributed by atoms with van der Waals surface area (Å²) in [5.41, 5.74) is 18.8. The molecule has 0 bridgehead atoms. The number of rotatable bonds is 48. The van der Waals surface area contributed by atoms with Crippen LogP contribution in [0.2, 0.25) is 0 Å². The number of esters is 2. The fourth-order valence-corrected chi connectivity index (χ4v) is 16.2. The zero-order chi connectivity index (χ0) is 76.5. The Morgan fingerprint density at radius 2 is 0.813 bits per heavy atom. The summed E-state index contributed by atoms with van der Waals surface area (Å²) in [6.07, 6.45) is 29.4. The fourth-order valence-electron chi connectivity index (χ4n) is 16.1. The average molecular weight is 1520 g/mol. The molecule has 2 saturated heterocycles. The third-order valence-corrected chi connectivity index (χ3v) is 23.0. The van der Waals surface area contributed by atoms with Gasteiger partial charge in [0.1, 0.15) is 21.6 Å². The number of anilines is 2. The Hall–Kier alpha value is -6.32. The molecule has 0 aromatic heterocycles. The van der Waals surface area contributed by atoms with E-state index in [0.717, 1.165) is 153 Å². The molecule has 8 atom stereocenters. The summed E-state index contributed by atoms with van der Waals surface area (Å²) < 4.78 is 56.3. The molecule has 2 aliphatic carbocycles. The molecule has 4 fully saturated rings. The molecule has 4 aromatic carbocycles. The van der Waals surface area contributed by atoms with Crippen LogP contribution in [0.5, 0.6) is 11.5 Å². The molecule has 0 radical (unpaired) electrons. The third kappa shape index (κ3) is 27.6. The molecule has 2 unspecified atom stereocenters. The standard InChI is InChI=1S/C86H124Cl2N4O15/c1-7-9-11-13-19-25-31-69-57-103-85(105-61(69)5)75-53-77(89)73(55-79(75)91(95)96)81(67-37-33-63(34-38-67)65-41-45-71(46-42-65)99-49-27-21-15-17-23-29-51-101-83(93)59(3)87)107-82(74-56-80(92(97)98)76(54-78(74)90)86-104-58-70(62(6)106-86)32-26-20-14-12-10-8-2)68-39-35-64(36-40-68)66-43-47-72(48-44-66)100-50-28-22-16-18-24-30-52-102-84(94)60(4)88/h41-48,53-56,61-64,67-70,81-82,85-86H,3-4,7-40,49-52,57-58,89-90H2,1-2,5-6H3/t61-,62-,63?,64?,67?,68?,69+,70+,81?,82?,85+,86+/m1/s1. The summed E-state index contributed by atoms with van der Waals surface area (Å²) in [5, 5.41) is 27.0. The van der Waals surface area contributed by atoms with Crippen molar-refractivity contribution in [3.05, 3.63) is 150 Å². The highest BCUT2D eigenvalue weighted by molar-refractivity contribution is 6.41. The number of nitrogens with zero attached hydrogens (tertiary/aromatic N) is 2. The van der Waals surface area contributed by atoms with Gasteiger partial charge in [0.25, 0.3) is 11.4 Å². The number of unbranched alkanes of at least 4 members (excludes halogenated alkanes) is 20. The molecule has 8 rings (SSSR count). The van der Waals surface area contributed by atoms with Gasteiger partial charge in [0.15, 0.2) is 12.6 Å². The minimum Gasteiger partial charge on any atom is -0.494 e. The number of nitrogens with two attached hydrogens (primary N) is 2. The van der Waals surface area contributed by atoms with Gasteiger partial charge in [-0.25, -0.2) is 9.59 Å². The maximum absolute atomic E-state index is 13.6. The molecule has 0 spiro atoms. The molecular weight excluding hydrogens is 1400 g/mol. The largest absolute Gasteiger partial charge is 0.494 e. The third-order valence-electron chi connectivity index (χ3n) is 22.7. The van der Waals surface area contributed by atoms with E-state index in [2.05, 4.69) is 51.3 Å². The van der Waals surface area contributed by atoms with Crippen LogP contribution < -0.4 is 20.9 Å². The molecule has 2 aliphatic heterocycles. The predicted octanol–water partition coefficient (Wildman–Crippen LogP) is 23.0. The van der Waals surface area contributed by atoms with E-state index in [1.807, 2.05) is 38.1 Å². The maximum atomic E-state index is 13.6. The zero-order valence-corrected chi connectivity index (χ0v) is 66.0. The van der Waals surface area contributed by atoms with Crippen LogP contribution >= 0.6 is 23.2 Å². The second kappa shape index (κ2) is 46.4. The molecule has 4 aliphatic rings. The minimum absolute atomic E-state index is 0.111. The van der Waals surface area contributed by atoms with Crippen molar-refractivity contribution in [2.24, 2.45) is 23.7 Å². The number of hydrogen-bond donors (Lipinski definition) is 2. The summed E-state index contributed by atoms with van der Waals surface area (Å²) >= 11 is 11.2. The van der Waals surface area contributed by atoms with Gasteiger partial charge in [0.2, 0.25) is 0 Å². The van der Waals surface area contributed by atoms with E-state index in [0.29, 0.717) is 87.8 Å². The number of ether oxygens (including phenoxy) is 9. The molecule has 2 saturated carbocycles. The van der Waals surface area contributed by atoms with E-state index in [1.165, 1.54) is 62.5 Å². The highest BCUT2D eigenvalue weighted by Crippen LogP contribution is 2.53. The van der Waals surface area contributed by atoms with Crippen LogP contribution in [0, 0.1) is 43.9 Å². The number of nitro benzene ring substituents is 2. The second-order valence-electron chi connectivity index (χ2n) is 30.6. The van der Waals surface area contributed by atoms with Gasteiger partial charge in [-0.1, -0.05) is 203 Å². The summed E-state index contributed by atoms with van der Waals surface area (Å²) in [4.78, 5) is 49.6. The van der Waals surface area contributed by atoms with E-state index in [4.69, 9.17) is 77.3 Å². The van der Waals surface area contributed by atoms with Crippen LogP contribution in [-0.2, 0) is 42.7 Å². The Bertz CT molecular complexity index is 3160. The van der Waals surface area contributed by atoms with Crippen LogP contribution in [0.4, 0.5) is 22.7 Å². The summed E-state index contributed by atoms with van der Waals surface area (Å²) in [5.74, 6) is 0.827. The zero-order valence-electron chi connectivity index (χ0n) is 64.5. The Labute approximate surface area is 647 Å². The van der Waals surface area contributed by atoms with Crippen LogP contribution in [0.15, 0.2) is 96.0 Å². The number of nitro groups is 2. The molecule has 4 aromatic rings. The monoisotopic (exact) mass is 1520 g/mol. The number of nitrogen functional groups attached to an aromatic ring is 2. The van der Waals surface area contributed by atoms with Crippen LogP contribution in [-0.4, -0.2) is 73.6 Å². The first-order chi connectivity index (χ1) is 51.8. The van der Waals surface area contributed by atoms with E-state index in [1.54, 1.807) is 24.3 Å². The van der Waals surface area contributed by atoms with Gasteiger partial charge in [-0.3, -0.25) is 20.2 Å². The van der Waals surface area contributed by atoms with Gasteiger partial charge in [0.05, 0.1) is 85.0 Å². The highest BCUT2D eigenvalue weighted by atomic mass is 35.5. The number of benzene rings is 4. The van der Waals surface area contributed by atoms with Gasteiger partial charge >= 0.3 is 11.9 Å². The number of hydrogen-bond acceptors (Lipinski definition) is 17. The minimum atomic E-state index is -1.01. The average Bonchev–Trinajstić information content (AvgIpc) is 0.770. The van der Waals surface area contributed by atoms with Crippen molar-refractivity contribution in [2.75, 3.05) is 51.1 Å². The number of carbonyl (C=O) groups excluding carboxylic acids is 2. The summed E-state index contributed by atoms with van der Waals surface area (Å²) in [6, 6.07) is 23.3. The van der Waals surface area contributed by atoms with Crippen molar-refractivity contribution in [3.63, 3.8) is 0 Å². The van der Waals surface area contributed by atoms with E-state index in [9.17, 15) is 29.8 Å². The number of halogens is 2. The van der Waals surface area contributed by atoms with Crippen molar-refractivity contribution in [1.82, 2.24) is 0 Å². The van der Waals surface area contributed by atoms with Gasteiger partial charge in [-0.15, -0.1) is 0 Å². The first-order valence-corrected chi connectivity index (χ1v) is 41.4. The molecule has 107 heavy (non-hydrogen) atoms. The molecule has 0 amide bonds.